The zero-order valence-electron chi connectivity index (χ0n) is 15.7. The van der Waals surface area contributed by atoms with Gasteiger partial charge in [-0.05, 0) is 18.6 Å². The van der Waals surface area contributed by atoms with Crippen LogP contribution in [0.3, 0.4) is 0 Å². The van der Waals surface area contributed by atoms with Crippen molar-refractivity contribution >= 4 is 11.8 Å². The van der Waals surface area contributed by atoms with Crippen molar-refractivity contribution in [3.8, 4) is 0 Å². The van der Waals surface area contributed by atoms with E-state index in [-0.39, 0.29) is 24.8 Å². The summed E-state index contributed by atoms with van der Waals surface area (Å²) in [6.07, 6.45) is 11.7. The number of furan rings is 1. The molecule has 0 saturated carbocycles. The van der Waals surface area contributed by atoms with Gasteiger partial charge in [-0.1, -0.05) is 19.1 Å². The van der Waals surface area contributed by atoms with Gasteiger partial charge in [0.2, 0.25) is 0 Å². The number of hydrogen-bond donors (Lipinski definition) is 0. The summed E-state index contributed by atoms with van der Waals surface area (Å²) in [7, 11) is 0. The molecule has 0 N–H and O–H groups in total. The van der Waals surface area contributed by atoms with Crippen LogP contribution in [-0.2, 0) is 24.7 Å². The average molecular weight is 489 g/mol. The molecule has 0 amide bonds. The average Bonchev–Trinajstić information content (AvgIpc) is 3.37. The molecular formula is C23H20Cl2NOZr. The molecule has 1 atom stereocenters. The van der Waals surface area contributed by atoms with Crippen LogP contribution < -0.4 is 24.8 Å². The van der Waals surface area contributed by atoms with Crippen LogP contribution >= 0.6 is 0 Å². The van der Waals surface area contributed by atoms with Crippen molar-refractivity contribution in [1.29, 1.82) is 0 Å². The molecule has 0 fully saturated rings. The SMILES string of the molecule is CCC1=NC2=CC=CC2=C1.Cc1ccc(C2[C]([Zr+2])=Cc3ccccc32)o1.[Cl-].[Cl-]. The van der Waals surface area contributed by atoms with Crippen LogP contribution in [0.5, 0.6) is 0 Å². The minimum atomic E-state index is 0. The van der Waals surface area contributed by atoms with Crippen molar-refractivity contribution in [2.75, 3.05) is 0 Å². The topological polar surface area (TPSA) is 25.5 Å². The maximum atomic E-state index is 5.77. The van der Waals surface area contributed by atoms with Crippen molar-refractivity contribution < 1.29 is 54.0 Å². The number of aliphatic imine (C=N–C) groups is 1. The zero-order valence-corrected chi connectivity index (χ0v) is 19.7. The monoisotopic (exact) mass is 486 g/mol. The fourth-order valence-electron chi connectivity index (χ4n) is 3.43. The summed E-state index contributed by atoms with van der Waals surface area (Å²) >= 11 is 1.47. The van der Waals surface area contributed by atoms with Gasteiger partial charge in [0, 0.05) is 11.3 Å². The van der Waals surface area contributed by atoms with Crippen molar-refractivity contribution in [2.45, 2.75) is 26.2 Å². The Balaban J connectivity index is 0.000000204. The molecular weight excluding hydrogens is 468 g/mol. The molecule has 0 bridgehead atoms. The van der Waals surface area contributed by atoms with E-state index in [1.54, 1.807) is 0 Å². The Bertz CT molecular complexity index is 1010. The molecule has 0 spiro atoms. The maximum Gasteiger partial charge on any atom is -1.00 e. The molecule has 1 aromatic heterocycles. The van der Waals surface area contributed by atoms with E-state index in [1.165, 1.54) is 50.4 Å². The number of rotatable bonds is 2. The van der Waals surface area contributed by atoms with Gasteiger partial charge in [0.05, 0.1) is 5.70 Å². The molecule has 0 radical (unpaired) electrons. The molecule has 5 rings (SSSR count). The minimum Gasteiger partial charge on any atom is -1.00 e. The Morgan fingerprint density at radius 3 is 2.54 bits per heavy atom. The Morgan fingerprint density at radius 1 is 1.07 bits per heavy atom. The van der Waals surface area contributed by atoms with E-state index >= 15 is 0 Å². The summed E-state index contributed by atoms with van der Waals surface area (Å²) in [5.74, 6) is 2.41. The minimum absolute atomic E-state index is 0. The molecule has 2 aliphatic carbocycles. The summed E-state index contributed by atoms with van der Waals surface area (Å²) in [6.45, 7) is 4.12. The van der Waals surface area contributed by atoms with Crippen LogP contribution in [0.25, 0.3) is 6.08 Å². The maximum absolute atomic E-state index is 5.77. The van der Waals surface area contributed by atoms with Gasteiger partial charge in [-0.15, -0.1) is 0 Å². The van der Waals surface area contributed by atoms with Gasteiger partial charge in [0.1, 0.15) is 0 Å². The van der Waals surface area contributed by atoms with Crippen molar-refractivity contribution in [3.63, 3.8) is 0 Å². The van der Waals surface area contributed by atoms with Gasteiger partial charge >= 0.3 is 110 Å². The summed E-state index contributed by atoms with van der Waals surface area (Å²) in [5.41, 5.74) is 6.33. The summed E-state index contributed by atoms with van der Waals surface area (Å²) in [5, 5.41) is 0. The Hall–Kier alpha value is -1.41. The number of allylic oxidation sites excluding steroid dienone is 5. The van der Waals surface area contributed by atoms with Crippen LogP contribution in [-0.4, -0.2) is 5.71 Å². The second-order valence-electron chi connectivity index (χ2n) is 6.58. The molecule has 141 valence electrons. The van der Waals surface area contributed by atoms with E-state index in [4.69, 9.17) is 4.42 Å². The third-order valence-electron chi connectivity index (χ3n) is 4.75. The largest absolute Gasteiger partial charge is 1.00 e. The van der Waals surface area contributed by atoms with E-state index in [2.05, 4.69) is 66.6 Å². The van der Waals surface area contributed by atoms with E-state index in [0.29, 0.717) is 5.92 Å². The van der Waals surface area contributed by atoms with Crippen LogP contribution in [0.15, 0.2) is 84.7 Å². The van der Waals surface area contributed by atoms with Crippen molar-refractivity contribution in [3.05, 3.63) is 97.9 Å². The van der Waals surface area contributed by atoms with E-state index in [9.17, 15) is 0 Å². The van der Waals surface area contributed by atoms with Crippen LogP contribution in [0, 0.1) is 6.92 Å². The Kier molecular flexibility index (Phi) is 8.07. The first-order valence-corrected chi connectivity index (χ1v) is 10.1. The molecule has 28 heavy (non-hydrogen) atoms. The smallest absolute Gasteiger partial charge is 1.00 e. The predicted octanol–water partition coefficient (Wildman–Crippen LogP) is -0.140. The summed E-state index contributed by atoms with van der Waals surface area (Å²) in [4.78, 5) is 4.39. The first kappa shape index (κ1) is 22.9. The van der Waals surface area contributed by atoms with Crippen LogP contribution in [0.4, 0.5) is 0 Å². The number of aryl methyl sites for hydroxylation is 1. The van der Waals surface area contributed by atoms with Crippen molar-refractivity contribution in [2.24, 2.45) is 4.99 Å². The van der Waals surface area contributed by atoms with Gasteiger partial charge in [-0.2, -0.15) is 0 Å². The van der Waals surface area contributed by atoms with Gasteiger partial charge in [0.15, 0.2) is 0 Å². The Morgan fingerprint density at radius 2 is 1.86 bits per heavy atom. The summed E-state index contributed by atoms with van der Waals surface area (Å²) < 4.78 is 7.22. The first-order chi connectivity index (χ1) is 12.7. The fraction of sp³-hybridized carbons (Fsp3) is 0.174. The molecule has 2 aromatic rings. The number of fused-ring (bicyclic) bond motifs is 2. The summed E-state index contributed by atoms with van der Waals surface area (Å²) in [6, 6.07) is 12.7. The third-order valence-corrected chi connectivity index (χ3v) is 5.81. The van der Waals surface area contributed by atoms with Gasteiger partial charge in [0.25, 0.3) is 0 Å². The van der Waals surface area contributed by atoms with Crippen LogP contribution in [0.1, 0.15) is 41.9 Å². The first-order valence-electron chi connectivity index (χ1n) is 8.92. The quantitative estimate of drug-likeness (QED) is 0.578. The molecule has 0 saturated heterocycles. The third kappa shape index (κ3) is 4.59. The van der Waals surface area contributed by atoms with Gasteiger partial charge in [-0.3, -0.25) is 4.99 Å². The van der Waals surface area contributed by atoms with Crippen molar-refractivity contribution in [1.82, 2.24) is 0 Å². The standard InChI is InChI=1S/C14H11O.C9H9N.2ClH.Zr/c1-10-6-9-14(15-10)13-8-7-11-4-2-3-5-12(11)13;1-2-8-6-7-4-3-5-9(7)10-8;;;/h2-7,9,13H,1H3;3-6H,2H2,1H3;2*1H;/q;;;;+2/p-2. The molecule has 1 aromatic carbocycles. The van der Waals surface area contributed by atoms with Crippen LogP contribution in [0.2, 0.25) is 0 Å². The Labute approximate surface area is 193 Å². The molecule has 3 aliphatic rings. The van der Waals surface area contributed by atoms with E-state index in [1.807, 2.05) is 19.1 Å². The number of benzene rings is 1. The van der Waals surface area contributed by atoms with E-state index < -0.39 is 0 Å². The van der Waals surface area contributed by atoms with Gasteiger partial charge < -0.3 is 24.8 Å². The van der Waals surface area contributed by atoms with Gasteiger partial charge in [-0.25, -0.2) is 0 Å². The zero-order chi connectivity index (χ0) is 18.1. The fourth-order valence-corrected chi connectivity index (χ4v) is 4.55. The normalized spacial score (nSPS) is 17.8. The van der Waals surface area contributed by atoms with E-state index in [0.717, 1.165) is 23.6 Å². The molecule has 2 heterocycles. The number of nitrogens with zero attached hydrogens (tertiary/aromatic N) is 1. The predicted molar refractivity (Wildman–Crippen MR) is 103 cm³/mol. The molecule has 1 aliphatic heterocycles. The second-order valence-corrected chi connectivity index (χ2v) is 8.00. The molecule has 2 nitrogen and oxygen atoms in total. The second kappa shape index (κ2) is 9.87. The number of halogens is 2. The number of hydrogen-bond acceptors (Lipinski definition) is 2. The molecule has 1 unspecified atom stereocenters. The molecule has 5 heteroatoms.